The van der Waals surface area contributed by atoms with E-state index in [0.717, 1.165) is 12.0 Å². The van der Waals surface area contributed by atoms with Crippen molar-refractivity contribution < 1.29 is 19.4 Å². The fraction of sp³-hybridized carbons (Fsp3) is 0.538. The Kier molecular flexibility index (Phi) is 4.55. The quantitative estimate of drug-likeness (QED) is 0.861. The highest BCUT2D eigenvalue weighted by Crippen LogP contribution is 2.26. The lowest BCUT2D eigenvalue weighted by molar-refractivity contribution is -0.137. The van der Waals surface area contributed by atoms with Crippen LogP contribution in [0.2, 0.25) is 0 Å². The summed E-state index contributed by atoms with van der Waals surface area (Å²) in [5.74, 6) is -1.04. The van der Waals surface area contributed by atoms with Gasteiger partial charge in [-0.05, 0) is 17.5 Å². The van der Waals surface area contributed by atoms with Gasteiger partial charge in [-0.25, -0.2) is 0 Å². The van der Waals surface area contributed by atoms with Gasteiger partial charge >= 0.3 is 5.97 Å². The van der Waals surface area contributed by atoms with E-state index in [9.17, 15) is 9.59 Å². The Hall–Kier alpha value is -1.40. The van der Waals surface area contributed by atoms with Gasteiger partial charge in [-0.15, -0.1) is 11.3 Å². The maximum absolute atomic E-state index is 12.0. The first kappa shape index (κ1) is 14.0. The Balaban J connectivity index is 1.89. The van der Waals surface area contributed by atoms with Gasteiger partial charge in [0.25, 0.3) is 5.91 Å². The molecule has 1 aromatic heterocycles. The summed E-state index contributed by atoms with van der Waals surface area (Å²) in [5.41, 5.74) is 1.10. The van der Waals surface area contributed by atoms with Crippen LogP contribution in [0.5, 0.6) is 0 Å². The van der Waals surface area contributed by atoms with Crippen LogP contribution in [0.15, 0.2) is 6.07 Å². The van der Waals surface area contributed by atoms with Gasteiger partial charge in [0.1, 0.15) is 0 Å². The second-order valence-corrected chi connectivity index (χ2v) is 5.91. The van der Waals surface area contributed by atoms with Crippen molar-refractivity contribution >= 4 is 23.2 Å². The number of thiophene rings is 1. The topological polar surface area (TPSA) is 75.6 Å². The first-order valence-corrected chi connectivity index (χ1v) is 7.07. The zero-order valence-electron chi connectivity index (χ0n) is 10.8. The molecule has 1 unspecified atom stereocenters. The van der Waals surface area contributed by atoms with Gasteiger partial charge < -0.3 is 15.2 Å². The smallest absolute Gasteiger partial charge is 0.303 e. The van der Waals surface area contributed by atoms with Crippen molar-refractivity contribution in [2.75, 3.05) is 13.2 Å². The number of fused-ring (bicyclic) bond motifs is 1. The third-order valence-corrected chi connectivity index (χ3v) is 4.22. The number of aliphatic carboxylic acids is 1. The monoisotopic (exact) mass is 283 g/mol. The highest BCUT2D eigenvalue weighted by atomic mass is 32.1. The summed E-state index contributed by atoms with van der Waals surface area (Å²) in [4.78, 5) is 24.4. The average Bonchev–Trinajstić information content (AvgIpc) is 2.78. The van der Waals surface area contributed by atoms with Gasteiger partial charge in [0, 0.05) is 24.3 Å². The molecule has 1 amide bonds. The van der Waals surface area contributed by atoms with Crippen LogP contribution in [-0.2, 0) is 22.6 Å². The molecule has 5 nitrogen and oxygen atoms in total. The van der Waals surface area contributed by atoms with E-state index >= 15 is 0 Å². The average molecular weight is 283 g/mol. The molecule has 0 aliphatic carbocycles. The summed E-state index contributed by atoms with van der Waals surface area (Å²) in [6, 6.07) is 1.87. The van der Waals surface area contributed by atoms with Crippen molar-refractivity contribution in [2.24, 2.45) is 5.92 Å². The minimum atomic E-state index is -0.842. The minimum Gasteiger partial charge on any atom is -0.481 e. The molecule has 104 valence electrons. The maximum atomic E-state index is 12.0. The number of carboxylic acids is 1. The molecule has 0 bridgehead atoms. The Morgan fingerprint density at radius 2 is 2.37 bits per heavy atom. The molecular weight excluding hydrogens is 266 g/mol. The molecule has 1 aliphatic heterocycles. The molecule has 0 radical (unpaired) electrons. The Morgan fingerprint density at radius 1 is 1.58 bits per heavy atom. The van der Waals surface area contributed by atoms with Crippen molar-refractivity contribution in [2.45, 2.75) is 26.4 Å². The highest BCUT2D eigenvalue weighted by molar-refractivity contribution is 7.14. The zero-order valence-corrected chi connectivity index (χ0v) is 11.6. The molecule has 0 spiro atoms. The number of hydrogen-bond acceptors (Lipinski definition) is 4. The number of amides is 1. The van der Waals surface area contributed by atoms with E-state index in [2.05, 4.69) is 5.32 Å². The lowest BCUT2D eigenvalue weighted by atomic mass is 10.1. The van der Waals surface area contributed by atoms with Crippen LogP contribution < -0.4 is 5.32 Å². The number of nitrogens with one attached hydrogen (secondary N) is 1. The number of ether oxygens (including phenoxy) is 1. The molecule has 19 heavy (non-hydrogen) atoms. The second kappa shape index (κ2) is 6.16. The van der Waals surface area contributed by atoms with Crippen molar-refractivity contribution in [1.82, 2.24) is 5.32 Å². The molecule has 1 atom stereocenters. The molecule has 0 saturated heterocycles. The fourth-order valence-electron chi connectivity index (χ4n) is 1.98. The third-order valence-electron chi connectivity index (χ3n) is 2.99. The molecule has 2 heterocycles. The number of carbonyl (C=O) groups is 2. The molecule has 1 aromatic rings. The van der Waals surface area contributed by atoms with Gasteiger partial charge in [-0.3, -0.25) is 9.59 Å². The Bertz CT molecular complexity index is 459. The predicted molar refractivity (Wildman–Crippen MR) is 71.4 cm³/mol. The first-order chi connectivity index (χ1) is 9.06. The van der Waals surface area contributed by atoms with Crippen molar-refractivity contribution in [3.63, 3.8) is 0 Å². The highest BCUT2D eigenvalue weighted by Gasteiger charge is 2.18. The maximum Gasteiger partial charge on any atom is 0.303 e. The lowest BCUT2D eigenvalue weighted by Gasteiger charge is -2.10. The molecular formula is C13H17NO4S. The van der Waals surface area contributed by atoms with Gasteiger partial charge in [0.15, 0.2) is 0 Å². The van der Waals surface area contributed by atoms with Gasteiger partial charge in [-0.2, -0.15) is 0 Å². The normalized spacial score (nSPS) is 15.6. The van der Waals surface area contributed by atoms with Gasteiger partial charge in [0.05, 0.1) is 18.1 Å². The van der Waals surface area contributed by atoms with E-state index < -0.39 is 5.97 Å². The predicted octanol–water partition coefficient (Wildman–Crippen LogP) is 1.66. The van der Waals surface area contributed by atoms with Crippen LogP contribution in [-0.4, -0.2) is 30.1 Å². The Morgan fingerprint density at radius 3 is 3.05 bits per heavy atom. The van der Waals surface area contributed by atoms with Crippen LogP contribution in [0.4, 0.5) is 0 Å². The standard InChI is InChI=1S/C13H17NO4S/c1-8(4-12(15)16)6-14-13(17)11-5-9-7-18-3-2-10(9)19-11/h5,8H,2-4,6-7H2,1H3,(H,14,17)(H,15,16). The summed E-state index contributed by atoms with van der Waals surface area (Å²) in [7, 11) is 0. The van der Waals surface area contributed by atoms with E-state index in [4.69, 9.17) is 9.84 Å². The summed E-state index contributed by atoms with van der Waals surface area (Å²) in [5, 5.41) is 11.4. The number of carboxylic acid groups (broad SMARTS) is 1. The van der Waals surface area contributed by atoms with Crippen LogP contribution >= 0.6 is 11.3 Å². The summed E-state index contributed by atoms with van der Waals surface area (Å²) in [6.45, 7) is 3.48. The SMILES string of the molecule is CC(CNC(=O)c1cc2c(s1)CCOC2)CC(=O)O. The minimum absolute atomic E-state index is 0.0645. The Labute approximate surface area is 115 Å². The first-order valence-electron chi connectivity index (χ1n) is 6.25. The molecule has 6 heteroatoms. The lowest BCUT2D eigenvalue weighted by Crippen LogP contribution is -2.28. The fourth-order valence-corrected chi connectivity index (χ4v) is 3.05. The molecule has 0 aromatic carbocycles. The van der Waals surface area contributed by atoms with Crippen LogP contribution in [0.25, 0.3) is 0 Å². The summed E-state index contributed by atoms with van der Waals surface area (Å²) < 4.78 is 5.34. The number of hydrogen-bond donors (Lipinski definition) is 2. The molecule has 2 N–H and O–H groups in total. The molecule has 2 rings (SSSR count). The van der Waals surface area contributed by atoms with E-state index in [1.54, 1.807) is 0 Å². The van der Waals surface area contributed by atoms with Crippen molar-refractivity contribution in [3.05, 3.63) is 21.4 Å². The second-order valence-electron chi connectivity index (χ2n) is 4.77. The van der Waals surface area contributed by atoms with Gasteiger partial charge in [0.2, 0.25) is 0 Å². The van der Waals surface area contributed by atoms with E-state index in [1.807, 2.05) is 13.0 Å². The number of rotatable bonds is 5. The largest absolute Gasteiger partial charge is 0.481 e. The molecule has 0 saturated carbocycles. The zero-order chi connectivity index (χ0) is 13.8. The van der Waals surface area contributed by atoms with E-state index in [-0.39, 0.29) is 18.2 Å². The van der Waals surface area contributed by atoms with Crippen LogP contribution in [0, 0.1) is 5.92 Å². The van der Waals surface area contributed by atoms with E-state index in [1.165, 1.54) is 16.2 Å². The van der Waals surface area contributed by atoms with Gasteiger partial charge in [-0.1, -0.05) is 6.92 Å². The van der Waals surface area contributed by atoms with Crippen LogP contribution in [0.1, 0.15) is 33.5 Å². The van der Waals surface area contributed by atoms with Crippen molar-refractivity contribution in [1.29, 1.82) is 0 Å². The van der Waals surface area contributed by atoms with Crippen molar-refractivity contribution in [3.8, 4) is 0 Å². The van der Waals surface area contributed by atoms with E-state index in [0.29, 0.717) is 24.6 Å². The molecule has 1 aliphatic rings. The summed E-state index contributed by atoms with van der Waals surface area (Å²) in [6.07, 6.45) is 0.928. The van der Waals surface area contributed by atoms with Crippen LogP contribution in [0.3, 0.4) is 0 Å². The number of carbonyl (C=O) groups excluding carboxylic acids is 1. The molecule has 0 fully saturated rings. The third kappa shape index (κ3) is 3.78. The summed E-state index contributed by atoms with van der Waals surface area (Å²) >= 11 is 1.50.